The molecule has 0 spiro atoms. The van der Waals surface area contributed by atoms with Gasteiger partial charge in [-0.25, -0.2) is 4.39 Å². The topological polar surface area (TPSA) is 89.9 Å². The van der Waals surface area contributed by atoms with E-state index in [4.69, 9.17) is 5.11 Å². The molecule has 8 heteroatoms. The largest absolute Gasteiger partial charge is 0.480 e. The van der Waals surface area contributed by atoms with Gasteiger partial charge < -0.3 is 15.3 Å². The number of likely N-dealkylation sites (N-methyl/N-ethyl adjacent to an activating group) is 1. The highest BCUT2D eigenvalue weighted by Gasteiger charge is 2.36. The van der Waals surface area contributed by atoms with Crippen LogP contribution in [0.4, 0.5) is 10.1 Å². The number of aliphatic carboxylic acids is 1. The summed E-state index contributed by atoms with van der Waals surface area (Å²) < 4.78 is 13.8. The third kappa shape index (κ3) is 4.04. The van der Waals surface area contributed by atoms with Crippen LogP contribution in [0.15, 0.2) is 24.3 Å². The molecule has 0 aliphatic carbocycles. The lowest BCUT2D eigenvalue weighted by atomic mass is 10.2. The van der Waals surface area contributed by atoms with Crippen molar-refractivity contribution in [2.24, 2.45) is 0 Å². The van der Waals surface area contributed by atoms with Crippen LogP contribution in [-0.2, 0) is 14.4 Å². The Kier molecular flexibility index (Phi) is 5.28. The van der Waals surface area contributed by atoms with Gasteiger partial charge in [0.2, 0.25) is 11.8 Å². The number of hydrogen-bond acceptors (Lipinski definition) is 4. The van der Waals surface area contributed by atoms with Crippen LogP contribution >= 0.6 is 0 Å². The van der Waals surface area contributed by atoms with E-state index < -0.39 is 30.3 Å². The van der Waals surface area contributed by atoms with Crippen LogP contribution in [0.1, 0.15) is 6.42 Å². The van der Waals surface area contributed by atoms with Crippen molar-refractivity contribution in [1.82, 2.24) is 10.2 Å². The van der Waals surface area contributed by atoms with Gasteiger partial charge in [0.05, 0.1) is 18.3 Å². The quantitative estimate of drug-likeness (QED) is 0.773. The van der Waals surface area contributed by atoms with Crippen LogP contribution in [0.25, 0.3) is 0 Å². The van der Waals surface area contributed by atoms with E-state index in [1.165, 1.54) is 17.0 Å². The Balaban J connectivity index is 1.97. The first-order chi connectivity index (χ1) is 10.9. The van der Waals surface area contributed by atoms with Crippen molar-refractivity contribution >= 4 is 23.5 Å². The monoisotopic (exact) mass is 323 g/mol. The second-order valence-corrected chi connectivity index (χ2v) is 5.33. The molecule has 124 valence electrons. The van der Waals surface area contributed by atoms with Crippen molar-refractivity contribution in [2.45, 2.75) is 12.5 Å². The van der Waals surface area contributed by atoms with Gasteiger partial charge in [0.1, 0.15) is 12.4 Å². The van der Waals surface area contributed by atoms with E-state index in [9.17, 15) is 18.8 Å². The molecule has 0 bridgehead atoms. The third-order valence-electron chi connectivity index (χ3n) is 3.68. The fourth-order valence-corrected chi connectivity index (χ4v) is 2.55. The molecule has 1 heterocycles. The Hall–Kier alpha value is -2.48. The van der Waals surface area contributed by atoms with E-state index in [0.717, 1.165) is 0 Å². The number of hydrogen-bond donors (Lipinski definition) is 2. The summed E-state index contributed by atoms with van der Waals surface area (Å²) in [6.45, 7) is -0.201. The van der Waals surface area contributed by atoms with Crippen molar-refractivity contribution in [3.63, 3.8) is 0 Å². The number of para-hydroxylation sites is 1. The first-order valence-corrected chi connectivity index (χ1v) is 7.14. The van der Waals surface area contributed by atoms with E-state index in [-0.39, 0.29) is 18.1 Å². The molecule has 1 unspecified atom stereocenters. The molecular weight excluding hydrogens is 305 g/mol. The molecule has 1 aliphatic rings. The van der Waals surface area contributed by atoms with Crippen LogP contribution in [0, 0.1) is 5.82 Å². The number of rotatable bonds is 6. The molecule has 23 heavy (non-hydrogen) atoms. The molecule has 1 aliphatic heterocycles. The Morgan fingerprint density at radius 2 is 2.13 bits per heavy atom. The molecule has 1 aromatic carbocycles. The number of halogens is 1. The fourth-order valence-electron chi connectivity index (χ4n) is 2.55. The average molecular weight is 323 g/mol. The highest BCUT2D eigenvalue weighted by molar-refractivity contribution is 5.99. The summed E-state index contributed by atoms with van der Waals surface area (Å²) in [6, 6.07) is 5.50. The Labute approximate surface area is 132 Å². The van der Waals surface area contributed by atoms with Gasteiger partial charge in [-0.3, -0.25) is 19.3 Å². The number of carboxylic acids is 1. The Bertz CT molecular complexity index is 622. The van der Waals surface area contributed by atoms with Crippen LogP contribution in [0.2, 0.25) is 0 Å². The summed E-state index contributed by atoms with van der Waals surface area (Å²) >= 11 is 0. The van der Waals surface area contributed by atoms with Crippen molar-refractivity contribution in [3.05, 3.63) is 30.1 Å². The number of anilines is 1. The fraction of sp³-hybridized carbons (Fsp3) is 0.400. The molecule has 2 rings (SSSR count). The SMILES string of the molecule is CN(CC(=O)NCC(=O)O)C1CCN(c2ccccc2F)C1=O. The molecule has 1 fully saturated rings. The van der Waals surface area contributed by atoms with E-state index in [1.54, 1.807) is 24.1 Å². The predicted octanol–water partition coefficient (Wildman–Crippen LogP) is 0.0636. The number of carbonyl (C=O) groups is 3. The summed E-state index contributed by atoms with van der Waals surface area (Å²) in [6.07, 6.45) is 0.468. The molecule has 2 amide bonds. The normalized spacial score (nSPS) is 17.6. The maximum Gasteiger partial charge on any atom is 0.322 e. The van der Waals surface area contributed by atoms with Crippen LogP contribution < -0.4 is 10.2 Å². The van der Waals surface area contributed by atoms with E-state index >= 15 is 0 Å². The average Bonchev–Trinajstić information content (AvgIpc) is 2.87. The number of nitrogens with zero attached hydrogens (tertiary/aromatic N) is 2. The molecule has 0 saturated carbocycles. The number of carbonyl (C=O) groups excluding carboxylic acids is 2. The Morgan fingerprint density at radius 3 is 2.78 bits per heavy atom. The first kappa shape index (κ1) is 16.9. The standard InChI is InChI=1S/C15H18FN3O4/c1-18(9-13(20)17-8-14(21)22)12-6-7-19(15(12)23)11-5-3-2-4-10(11)16/h2-5,12H,6-9H2,1H3,(H,17,20)(H,21,22). The number of amides is 2. The van der Waals surface area contributed by atoms with Gasteiger partial charge in [0.25, 0.3) is 0 Å². The van der Waals surface area contributed by atoms with Crippen LogP contribution in [0.3, 0.4) is 0 Å². The summed E-state index contributed by atoms with van der Waals surface area (Å²) in [7, 11) is 1.60. The summed E-state index contributed by atoms with van der Waals surface area (Å²) in [5, 5.41) is 10.8. The highest BCUT2D eigenvalue weighted by Crippen LogP contribution is 2.26. The summed E-state index contributed by atoms with van der Waals surface area (Å²) in [5.41, 5.74) is 0.226. The maximum atomic E-state index is 13.8. The molecule has 7 nitrogen and oxygen atoms in total. The van der Waals surface area contributed by atoms with Crippen LogP contribution in [-0.4, -0.2) is 60.5 Å². The zero-order valence-corrected chi connectivity index (χ0v) is 12.7. The van der Waals surface area contributed by atoms with Crippen LogP contribution in [0.5, 0.6) is 0 Å². The van der Waals surface area contributed by atoms with Gasteiger partial charge in [0, 0.05) is 6.54 Å². The number of carboxylic acid groups (broad SMARTS) is 1. The van der Waals surface area contributed by atoms with Gasteiger partial charge in [-0.1, -0.05) is 12.1 Å². The van der Waals surface area contributed by atoms with Gasteiger partial charge in [-0.05, 0) is 25.6 Å². The van der Waals surface area contributed by atoms with Crippen molar-refractivity contribution < 1.29 is 23.9 Å². The Morgan fingerprint density at radius 1 is 1.43 bits per heavy atom. The van der Waals surface area contributed by atoms with Gasteiger partial charge >= 0.3 is 5.97 Å². The molecule has 1 aromatic rings. The van der Waals surface area contributed by atoms with E-state index in [1.807, 2.05) is 0 Å². The first-order valence-electron chi connectivity index (χ1n) is 7.14. The minimum atomic E-state index is -1.14. The predicted molar refractivity (Wildman–Crippen MR) is 80.4 cm³/mol. The lowest BCUT2D eigenvalue weighted by Gasteiger charge is -2.23. The second kappa shape index (κ2) is 7.19. The summed E-state index contributed by atoms with van der Waals surface area (Å²) in [5.74, 6) is -2.36. The smallest absolute Gasteiger partial charge is 0.322 e. The molecular formula is C15H18FN3O4. The molecule has 0 radical (unpaired) electrons. The van der Waals surface area contributed by atoms with Crippen molar-refractivity contribution in [1.29, 1.82) is 0 Å². The third-order valence-corrected chi connectivity index (χ3v) is 3.68. The molecule has 0 aromatic heterocycles. The molecule has 1 saturated heterocycles. The summed E-state index contributed by atoms with van der Waals surface area (Å²) in [4.78, 5) is 37.4. The minimum Gasteiger partial charge on any atom is -0.480 e. The van der Waals surface area contributed by atoms with Gasteiger partial charge in [-0.15, -0.1) is 0 Å². The lowest BCUT2D eigenvalue weighted by molar-refractivity contribution is -0.138. The van der Waals surface area contributed by atoms with Crippen molar-refractivity contribution in [2.75, 3.05) is 31.6 Å². The zero-order valence-electron chi connectivity index (χ0n) is 12.7. The minimum absolute atomic E-state index is 0.102. The molecule has 1 atom stereocenters. The van der Waals surface area contributed by atoms with E-state index in [0.29, 0.717) is 13.0 Å². The number of nitrogens with one attached hydrogen (secondary N) is 1. The van der Waals surface area contributed by atoms with Gasteiger partial charge in [-0.2, -0.15) is 0 Å². The van der Waals surface area contributed by atoms with Gasteiger partial charge in [0.15, 0.2) is 0 Å². The highest BCUT2D eigenvalue weighted by atomic mass is 19.1. The second-order valence-electron chi connectivity index (χ2n) is 5.33. The molecule has 2 N–H and O–H groups in total. The van der Waals surface area contributed by atoms with Crippen molar-refractivity contribution in [3.8, 4) is 0 Å². The maximum absolute atomic E-state index is 13.8. The van der Waals surface area contributed by atoms with E-state index in [2.05, 4.69) is 5.32 Å². The lowest BCUT2D eigenvalue weighted by Crippen LogP contribution is -2.45. The number of benzene rings is 1. The zero-order chi connectivity index (χ0) is 17.0.